The van der Waals surface area contributed by atoms with Gasteiger partial charge in [-0.3, -0.25) is 0 Å². The first kappa shape index (κ1) is 14.5. The van der Waals surface area contributed by atoms with Gasteiger partial charge in [-0.05, 0) is 38.3 Å². The maximum Gasteiger partial charge on any atom is 0.174 e. The zero-order valence-corrected chi connectivity index (χ0v) is 13.1. The maximum absolute atomic E-state index is 9.57. The van der Waals surface area contributed by atoms with E-state index in [-0.39, 0.29) is 0 Å². The molecule has 0 atom stereocenters. The molecule has 0 radical (unpaired) electrons. The molecule has 112 valence electrons. The standard InChI is InChI=1S/C18H20N4/c1-13-8-14(2)10-15(9-13)11-16(12-19)18-21-20-17-6-4-3-5-7-22(17)18/h8-11H,3-7H2,1-2H3/b16-11+. The van der Waals surface area contributed by atoms with Crippen LogP contribution in [0.2, 0.25) is 0 Å². The van der Waals surface area contributed by atoms with Gasteiger partial charge in [-0.1, -0.05) is 35.7 Å². The van der Waals surface area contributed by atoms with E-state index in [9.17, 15) is 5.26 Å². The average Bonchev–Trinajstić information content (AvgIpc) is 2.72. The molecule has 0 N–H and O–H groups in total. The summed E-state index contributed by atoms with van der Waals surface area (Å²) in [6.07, 6.45) is 6.37. The fourth-order valence-corrected chi connectivity index (χ4v) is 3.09. The summed E-state index contributed by atoms with van der Waals surface area (Å²) in [5, 5.41) is 18.1. The van der Waals surface area contributed by atoms with Crippen LogP contribution in [0.25, 0.3) is 11.6 Å². The molecule has 0 bridgehead atoms. The molecule has 1 aromatic carbocycles. The Morgan fingerprint density at radius 1 is 1.14 bits per heavy atom. The smallest absolute Gasteiger partial charge is 0.174 e. The summed E-state index contributed by atoms with van der Waals surface area (Å²) in [6.45, 7) is 5.04. The molecule has 4 heteroatoms. The van der Waals surface area contributed by atoms with E-state index in [1.54, 1.807) is 0 Å². The van der Waals surface area contributed by atoms with Crippen LogP contribution < -0.4 is 0 Å². The van der Waals surface area contributed by atoms with Gasteiger partial charge in [0.25, 0.3) is 0 Å². The molecular weight excluding hydrogens is 272 g/mol. The van der Waals surface area contributed by atoms with Crippen molar-refractivity contribution in [2.75, 3.05) is 0 Å². The van der Waals surface area contributed by atoms with Gasteiger partial charge in [-0.15, -0.1) is 10.2 Å². The van der Waals surface area contributed by atoms with Crippen LogP contribution in [-0.4, -0.2) is 14.8 Å². The van der Waals surface area contributed by atoms with E-state index in [4.69, 9.17) is 0 Å². The van der Waals surface area contributed by atoms with Crippen LogP contribution >= 0.6 is 0 Å². The number of hydrogen-bond donors (Lipinski definition) is 0. The highest BCUT2D eigenvalue weighted by Crippen LogP contribution is 2.22. The molecular formula is C18H20N4. The van der Waals surface area contributed by atoms with Crippen LogP contribution in [-0.2, 0) is 13.0 Å². The second-order valence-corrected chi connectivity index (χ2v) is 5.99. The molecule has 3 rings (SSSR count). The van der Waals surface area contributed by atoms with E-state index in [1.165, 1.54) is 17.5 Å². The minimum Gasteiger partial charge on any atom is -0.310 e. The molecule has 0 saturated carbocycles. The molecule has 0 amide bonds. The highest BCUT2D eigenvalue weighted by molar-refractivity contribution is 5.87. The van der Waals surface area contributed by atoms with E-state index < -0.39 is 0 Å². The third kappa shape index (κ3) is 2.94. The van der Waals surface area contributed by atoms with E-state index in [1.807, 2.05) is 6.08 Å². The van der Waals surface area contributed by atoms with Crippen molar-refractivity contribution in [3.8, 4) is 6.07 Å². The molecule has 4 nitrogen and oxygen atoms in total. The lowest BCUT2D eigenvalue weighted by molar-refractivity contribution is 0.627. The predicted molar refractivity (Wildman–Crippen MR) is 87.0 cm³/mol. The average molecular weight is 292 g/mol. The van der Waals surface area contributed by atoms with Crippen molar-refractivity contribution < 1.29 is 0 Å². The van der Waals surface area contributed by atoms with Crippen LogP contribution in [0, 0.1) is 25.2 Å². The Bertz CT molecular complexity index is 742. The molecule has 0 aliphatic carbocycles. The number of rotatable bonds is 2. The number of nitriles is 1. The Hall–Kier alpha value is -2.41. The zero-order chi connectivity index (χ0) is 15.5. The lowest BCUT2D eigenvalue weighted by atomic mass is 10.0. The van der Waals surface area contributed by atoms with Crippen LogP contribution in [0.4, 0.5) is 0 Å². The normalized spacial score (nSPS) is 15.0. The number of aryl methyl sites for hydroxylation is 3. The van der Waals surface area contributed by atoms with Gasteiger partial charge in [0, 0.05) is 13.0 Å². The summed E-state index contributed by atoms with van der Waals surface area (Å²) in [6, 6.07) is 8.61. The van der Waals surface area contributed by atoms with Gasteiger partial charge in [0.2, 0.25) is 0 Å². The number of hydrogen-bond acceptors (Lipinski definition) is 3. The van der Waals surface area contributed by atoms with Crippen molar-refractivity contribution in [3.63, 3.8) is 0 Å². The number of nitrogens with zero attached hydrogens (tertiary/aromatic N) is 4. The van der Waals surface area contributed by atoms with Gasteiger partial charge in [0.15, 0.2) is 5.82 Å². The van der Waals surface area contributed by atoms with Crippen molar-refractivity contribution in [2.45, 2.75) is 46.1 Å². The third-order valence-electron chi connectivity index (χ3n) is 4.03. The summed E-state index contributed by atoms with van der Waals surface area (Å²) in [7, 11) is 0. The fraction of sp³-hybridized carbons (Fsp3) is 0.389. The van der Waals surface area contributed by atoms with E-state index in [0.717, 1.165) is 37.2 Å². The summed E-state index contributed by atoms with van der Waals surface area (Å²) >= 11 is 0. The SMILES string of the molecule is Cc1cc(C)cc(/C=C(\C#N)c2nnc3n2CCCCC3)c1. The van der Waals surface area contributed by atoms with Crippen molar-refractivity contribution in [3.05, 3.63) is 46.5 Å². The lowest BCUT2D eigenvalue weighted by Gasteiger charge is -2.06. The van der Waals surface area contributed by atoms with Crippen molar-refractivity contribution in [1.82, 2.24) is 14.8 Å². The summed E-state index contributed by atoms with van der Waals surface area (Å²) in [5.41, 5.74) is 4.03. The Morgan fingerprint density at radius 3 is 2.64 bits per heavy atom. The van der Waals surface area contributed by atoms with Crippen molar-refractivity contribution in [1.29, 1.82) is 5.26 Å². The van der Waals surface area contributed by atoms with Crippen molar-refractivity contribution >= 4 is 11.6 Å². The zero-order valence-electron chi connectivity index (χ0n) is 13.1. The molecule has 0 fully saturated rings. The Kier molecular flexibility index (Phi) is 4.06. The molecule has 2 heterocycles. The molecule has 1 aliphatic heterocycles. The summed E-state index contributed by atoms with van der Waals surface area (Å²) in [5.74, 6) is 1.72. The number of allylic oxidation sites excluding steroid dienone is 1. The second kappa shape index (κ2) is 6.15. The largest absolute Gasteiger partial charge is 0.310 e. The summed E-state index contributed by atoms with van der Waals surface area (Å²) in [4.78, 5) is 0. The predicted octanol–water partition coefficient (Wildman–Crippen LogP) is 3.69. The van der Waals surface area contributed by atoms with Crippen LogP contribution in [0.15, 0.2) is 18.2 Å². The number of fused-ring (bicyclic) bond motifs is 1. The van der Waals surface area contributed by atoms with Gasteiger partial charge in [0.05, 0.1) is 5.57 Å². The Labute approximate surface area is 131 Å². The topological polar surface area (TPSA) is 54.5 Å². The van der Waals surface area contributed by atoms with Crippen LogP contribution in [0.5, 0.6) is 0 Å². The van der Waals surface area contributed by atoms with Gasteiger partial charge < -0.3 is 4.57 Å². The van der Waals surface area contributed by atoms with E-state index in [2.05, 4.69) is 52.9 Å². The quantitative estimate of drug-likeness (QED) is 0.793. The molecule has 1 aliphatic rings. The first-order valence-corrected chi connectivity index (χ1v) is 7.80. The van der Waals surface area contributed by atoms with Crippen LogP contribution in [0.1, 0.15) is 47.6 Å². The first-order valence-electron chi connectivity index (χ1n) is 7.80. The number of aromatic nitrogens is 3. The first-order chi connectivity index (χ1) is 10.7. The molecule has 0 spiro atoms. The van der Waals surface area contributed by atoms with Crippen LogP contribution in [0.3, 0.4) is 0 Å². The Morgan fingerprint density at radius 2 is 1.91 bits per heavy atom. The molecule has 0 unspecified atom stereocenters. The lowest BCUT2D eigenvalue weighted by Crippen LogP contribution is -2.05. The molecule has 1 aromatic heterocycles. The minimum atomic E-state index is 0.589. The van der Waals surface area contributed by atoms with Crippen molar-refractivity contribution in [2.24, 2.45) is 0 Å². The highest BCUT2D eigenvalue weighted by Gasteiger charge is 2.17. The third-order valence-corrected chi connectivity index (χ3v) is 4.03. The maximum atomic E-state index is 9.57. The second-order valence-electron chi connectivity index (χ2n) is 5.99. The van der Waals surface area contributed by atoms with Gasteiger partial charge >= 0.3 is 0 Å². The molecule has 2 aromatic rings. The van der Waals surface area contributed by atoms with E-state index >= 15 is 0 Å². The molecule has 0 saturated heterocycles. The molecule has 22 heavy (non-hydrogen) atoms. The van der Waals surface area contributed by atoms with Gasteiger partial charge in [-0.2, -0.15) is 5.26 Å². The number of benzene rings is 1. The fourth-order valence-electron chi connectivity index (χ4n) is 3.09. The van der Waals surface area contributed by atoms with E-state index in [0.29, 0.717) is 11.4 Å². The highest BCUT2D eigenvalue weighted by atomic mass is 15.3. The van der Waals surface area contributed by atoms with Gasteiger partial charge in [0.1, 0.15) is 11.9 Å². The summed E-state index contributed by atoms with van der Waals surface area (Å²) < 4.78 is 2.12. The van der Waals surface area contributed by atoms with Gasteiger partial charge in [-0.25, -0.2) is 0 Å². The Balaban J connectivity index is 2.03. The monoisotopic (exact) mass is 292 g/mol. The minimum absolute atomic E-state index is 0.589.